The average molecular weight is 202 g/mol. The molecule has 0 heteroatoms. The lowest BCUT2D eigenvalue weighted by Crippen LogP contribution is -2.19. The average Bonchev–Trinajstić information content (AvgIpc) is 2.26. The normalized spacial score (nSPS) is 32.1. The van der Waals surface area contributed by atoms with Crippen LogP contribution in [0.5, 0.6) is 0 Å². The lowest BCUT2D eigenvalue weighted by atomic mass is 9.74. The third-order valence-electron chi connectivity index (χ3n) is 4.38. The second-order valence-electron chi connectivity index (χ2n) is 6.16. The molecule has 0 N–H and O–H groups in total. The molecule has 0 bridgehead atoms. The van der Waals surface area contributed by atoms with Gasteiger partial charge in [-0.2, -0.15) is 0 Å². The van der Waals surface area contributed by atoms with Gasteiger partial charge in [0.2, 0.25) is 0 Å². The predicted molar refractivity (Wildman–Crippen MR) is 66.6 cm³/mol. The van der Waals surface area contributed by atoms with Gasteiger partial charge in [-0.1, -0.05) is 64.5 Å². The van der Waals surface area contributed by atoms with E-state index in [1.54, 1.807) is 5.57 Å². The lowest BCUT2D eigenvalue weighted by molar-refractivity contribution is 0.452. The molecule has 0 nitrogen and oxygen atoms in total. The summed E-state index contributed by atoms with van der Waals surface area (Å²) in [6, 6.07) is 0. The van der Waals surface area contributed by atoms with E-state index in [1.807, 2.05) is 0 Å². The molecule has 0 aromatic heterocycles. The number of allylic oxidation sites excluding steroid dienone is 5. The molecular formula is C15H22. The van der Waals surface area contributed by atoms with Gasteiger partial charge in [0, 0.05) is 10.8 Å². The van der Waals surface area contributed by atoms with Gasteiger partial charge in [0.15, 0.2) is 0 Å². The van der Waals surface area contributed by atoms with E-state index in [2.05, 4.69) is 53.3 Å². The highest BCUT2D eigenvalue weighted by Gasteiger charge is 2.46. The Morgan fingerprint density at radius 1 is 1.20 bits per heavy atom. The summed E-state index contributed by atoms with van der Waals surface area (Å²) in [4.78, 5) is 0. The van der Waals surface area contributed by atoms with Gasteiger partial charge in [-0.3, -0.25) is 0 Å². The molecule has 0 fully saturated rings. The molecule has 2 rings (SSSR count). The Hall–Kier alpha value is -0.780. The molecule has 15 heavy (non-hydrogen) atoms. The highest BCUT2D eigenvalue weighted by molar-refractivity contribution is 5.53. The predicted octanol–water partition coefficient (Wildman–Crippen LogP) is 4.50. The van der Waals surface area contributed by atoms with Crippen molar-refractivity contribution in [3.05, 3.63) is 35.5 Å². The van der Waals surface area contributed by atoms with Crippen LogP contribution >= 0.6 is 0 Å². The van der Waals surface area contributed by atoms with Crippen molar-refractivity contribution < 1.29 is 0 Å². The number of hydrogen-bond acceptors (Lipinski definition) is 0. The Morgan fingerprint density at radius 3 is 2.40 bits per heavy atom. The molecule has 0 saturated heterocycles. The quantitative estimate of drug-likeness (QED) is 0.507. The molecule has 0 aromatic carbocycles. The SMILES string of the molecule is C=C1C(C)(C)C2=C(CC(C)C=C2)C1(C)C. The van der Waals surface area contributed by atoms with Crippen LogP contribution in [0.2, 0.25) is 0 Å². The van der Waals surface area contributed by atoms with E-state index in [4.69, 9.17) is 0 Å². The van der Waals surface area contributed by atoms with E-state index in [0.717, 1.165) is 0 Å². The number of rotatable bonds is 0. The molecule has 0 heterocycles. The van der Waals surface area contributed by atoms with Crippen LogP contribution in [0.1, 0.15) is 41.0 Å². The van der Waals surface area contributed by atoms with Crippen LogP contribution in [0.4, 0.5) is 0 Å². The fourth-order valence-electron chi connectivity index (χ4n) is 3.16. The van der Waals surface area contributed by atoms with Crippen molar-refractivity contribution in [2.45, 2.75) is 41.0 Å². The Labute approximate surface area is 93.8 Å². The minimum atomic E-state index is 0.162. The monoisotopic (exact) mass is 202 g/mol. The zero-order valence-electron chi connectivity index (χ0n) is 10.6. The van der Waals surface area contributed by atoms with Gasteiger partial charge in [-0.05, 0) is 17.9 Å². The summed E-state index contributed by atoms with van der Waals surface area (Å²) in [5.74, 6) is 0.685. The van der Waals surface area contributed by atoms with Gasteiger partial charge < -0.3 is 0 Å². The van der Waals surface area contributed by atoms with Gasteiger partial charge in [-0.15, -0.1) is 0 Å². The Morgan fingerprint density at radius 2 is 1.80 bits per heavy atom. The van der Waals surface area contributed by atoms with Crippen molar-refractivity contribution >= 4 is 0 Å². The first kappa shape index (κ1) is 10.7. The molecule has 0 spiro atoms. The topological polar surface area (TPSA) is 0 Å². The van der Waals surface area contributed by atoms with Gasteiger partial charge in [0.1, 0.15) is 0 Å². The molecule has 2 aliphatic carbocycles. The molecule has 1 atom stereocenters. The van der Waals surface area contributed by atoms with E-state index < -0.39 is 0 Å². The first-order valence-electron chi connectivity index (χ1n) is 5.90. The maximum Gasteiger partial charge on any atom is 0.0111 e. The number of hydrogen-bond donors (Lipinski definition) is 0. The van der Waals surface area contributed by atoms with Crippen molar-refractivity contribution in [3.63, 3.8) is 0 Å². The molecule has 0 radical (unpaired) electrons. The third-order valence-corrected chi connectivity index (χ3v) is 4.38. The van der Waals surface area contributed by atoms with Crippen LogP contribution < -0.4 is 0 Å². The van der Waals surface area contributed by atoms with Crippen molar-refractivity contribution in [3.8, 4) is 0 Å². The first-order valence-corrected chi connectivity index (χ1v) is 5.90. The zero-order valence-corrected chi connectivity index (χ0v) is 10.6. The summed E-state index contributed by atoms with van der Waals surface area (Å²) < 4.78 is 0. The van der Waals surface area contributed by atoms with Crippen molar-refractivity contribution in [1.82, 2.24) is 0 Å². The maximum atomic E-state index is 4.33. The van der Waals surface area contributed by atoms with Crippen molar-refractivity contribution in [1.29, 1.82) is 0 Å². The summed E-state index contributed by atoms with van der Waals surface area (Å²) in [6.07, 6.45) is 5.89. The van der Waals surface area contributed by atoms with E-state index in [1.165, 1.54) is 17.6 Å². The van der Waals surface area contributed by atoms with E-state index in [-0.39, 0.29) is 10.8 Å². The minimum absolute atomic E-state index is 0.162. The maximum absolute atomic E-state index is 4.33. The lowest BCUT2D eigenvalue weighted by Gasteiger charge is -2.29. The van der Waals surface area contributed by atoms with Crippen molar-refractivity contribution in [2.24, 2.45) is 16.7 Å². The molecule has 0 aliphatic heterocycles. The molecular weight excluding hydrogens is 180 g/mol. The van der Waals surface area contributed by atoms with Gasteiger partial charge in [-0.25, -0.2) is 0 Å². The Bertz CT molecular complexity index is 375. The molecule has 82 valence electrons. The second kappa shape index (κ2) is 2.87. The summed E-state index contributed by atoms with van der Waals surface area (Å²) in [5, 5.41) is 0. The van der Waals surface area contributed by atoms with Crippen molar-refractivity contribution in [2.75, 3.05) is 0 Å². The van der Waals surface area contributed by atoms with Crippen LogP contribution in [0.25, 0.3) is 0 Å². The van der Waals surface area contributed by atoms with E-state index in [0.29, 0.717) is 5.92 Å². The van der Waals surface area contributed by atoms with Crippen LogP contribution in [0, 0.1) is 16.7 Å². The molecule has 0 aromatic rings. The smallest absolute Gasteiger partial charge is 0.0111 e. The molecule has 0 amide bonds. The highest BCUT2D eigenvalue weighted by atomic mass is 14.5. The van der Waals surface area contributed by atoms with Gasteiger partial charge >= 0.3 is 0 Å². The third kappa shape index (κ3) is 1.27. The van der Waals surface area contributed by atoms with Crippen LogP contribution in [0.15, 0.2) is 35.5 Å². The van der Waals surface area contributed by atoms with E-state index in [9.17, 15) is 0 Å². The molecule has 0 saturated carbocycles. The van der Waals surface area contributed by atoms with Crippen LogP contribution in [-0.2, 0) is 0 Å². The largest absolute Gasteiger partial charge is 0.0981 e. The molecule has 1 unspecified atom stereocenters. The summed E-state index contributed by atoms with van der Waals surface area (Å²) in [5.41, 5.74) is 4.87. The first-order chi connectivity index (χ1) is 6.78. The van der Waals surface area contributed by atoms with E-state index >= 15 is 0 Å². The Balaban J connectivity index is 2.57. The fraction of sp³-hybridized carbons (Fsp3) is 0.600. The second-order valence-corrected chi connectivity index (χ2v) is 6.16. The summed E-state index contributed by atoms with van der Waals surface area (Å²) >= 11 is 0. The fourth-order valence-corrected chi connectivity index (χ4v) is 3.16. The van der Waals surface area contributed by atoms with Crippen LogP contribution in [0.3, 0.4) is 0 Å². The molecule has 2 aliphatic rings. The van der Waals surface area contributed by atoms with Crippen LogP contribution in [-0.4, -0.2) is 0 Å². The zero-order chi connectivity index (χ0) is 11.4. The standard InChI is InChI=1S/C15H22/c1-10-7-8-12-13(9-10)15(5,6)11(2)14(12,3)4/h7-8,10H,2,9H2,1,3-6H3. The summed E-state index contributed by atoms with van der Waals surface area (Å²) in [7, 11) is 0. The highest BCUT2D eigenvalue weighted by Crippen LogP contribution is 2.59. The van der Waals surface area contributed by atoms with Gasteiger partial charge in [0.05, 0.1) is 0 Å². The van der Waals surface area contributed by atoms with Gasteiger partial charge in [0.25, 0.3) is 0 Å². The Kier molecular flexibility index (Phi) is 2.05. The summed E-state index contributed by atoms with van der Waals surface area (Å²) in [6.45, 7) is 15.9. The minimum Gasteiger partial charge on any atom is -0.0981 e.